The molecule has 1 atom stereocenters. The van der Waals surface area contributed by atoms with Gasteiger partial charge in [-0.15, -0.1) is 0 Å². The van der Waals surface area contributed by atoms with Crippen LogP contribution in [0, 0.1) is 0 Å². The van der Waals surface area contributed by atoms with Gasteiger partial charge in [0.25, 0.3) is 0 Å². The fraction of sp³-hybridized carbons (Fsp3) is 0.900. The van der Waals surface area contributed by atoms with Crippen LogP contribution >= 0.6 is 0 Å². The molecule has 0 heterocycles. The molecule has 0 aromatic heterocycles. The molecule has 0 fully saturated rings. The van der Waals surface area contributed by atoms with Gasteiger partial charge in [0.05, 0.1) is 25.7 Å². The summed E-state index contributed by atoms with van der Waals surface area (Å²) < 4.78 is 15.3. The van der Waals surface area contributed by atoms with E-state index in [1.807, 2.05) is 0 Å². The quantitative estimate of drug-likeness (QED) is 0.554. The third-order valence-electron chi connectivity index (χ3n) is 1.73. The van der Waals surface area contributed by atoms with E-state index >= 15 is 0 Å². The number of hydrogen-bond donors (Lipinski definition) is 1. The van der Waals surface area contributed by atoms with Crippen molar-refractivity contribution < 1.29 is 24.1 Å². The Hall–Kier alpha value is -0.650. The highest BCUT2D eigenvalue weighted by Gasteiger charge is 2.06. The minimum Gasteiger partial charge on any atom is -0.481 e. The van der Waals surface area contributed by atoms with Gasteiger partial charge in [0.1, 0.15) is 0 Å². The first kappa shape index (κ1) is 14.3. The van der Waals surface area contributed by atoms with Gasteiger partial charge in [0, 0.05) is 20.3 Å². The highest BCUT2D eigenvalue weighted by Crippen LogP contribution is 1.96. The second-order valence-electron chi connectivity index (χ2n) is 3.24. The largest absolute Gasteiger partial charge is 0.481 e. The van der Waals surface area contributed by atoms with Gasteiger partial charge in [-0.25, -0.2) is 0 Å². The molecule has 15 heavy (non-hydrogen) atoms. The molecule has 90 valence electrons. The molecule has 5 heteroatoms. The van der Waals surface area contributed by atoms with E-state index in [2.05, 4.69) is 0 Å². The van der Waals surface area contributed by atoms with Crippen LogP contribution < -0.4 is 0 Å². The zero-order valence-electron chi connectivity index (χ0n) is 9.40. The van der Waals surface area contributed by atoms with Crippen molar-refractivity contribution >= 4 is 5.97 Å². The Morgan fingerprint density at radius 3 is 2.60 bits per heavy atom. The molecule has 0 aliphatic rings. The molecular weight excluding hydrogens is 200 g/mol. The van der Waals surface area contributed by atoms with Gasteiger partial charge in [-0.1, -0.05) is 0 Å². The van der Waals surface area contributed by atoms with Crippen molar-refractivity contribution in [1.29, 1.82) is 0 Å². The second-order valence-corrected chi connectivity index (χ2v) is 3.24. The average molecular weight is 220 g/mol. The molecule has 0 saturated heterocycles. The van der Waals surface area contributed by atoms with Crippen LogP contribution in [0.1, 0.15) is 19.8 Å². The molecule has 5 nitrogen and oxygen atoms in total. The third kappa shape index (κ3) is 11.3. The first-order valence-electron chi connectivity index (χ1n) is 5.07. The Morgan fingerprint density at radius 2 is 2.00 bits per heavy atom. The van der Waals surface area contributed by atoms with Crippen LogP contribution in [0.3, 0.4) is 0 Å². The highest BCUT2D eigenvalue weighted by atomic mass is 16.5. The van der Waals surface area contributed by atoms with Crippen LogP contribution in [0.25, 0.3) is 0 Å². The maximum Gasteiger partial charge on any atom is 0.305 e. The third-order valence-corrected chi connectivity index (χ3v) is 1.73. The summed E-state index contributed by atoms with van der Waals surface area (Å²) in [5, 5.41) is 8.46. The van der Waals surface area contributed by atoms with Gasteiger partial charge >= 0.3 is 5.97 Å². The summed E-state index contributed by atoms with van der Waals surface area (Å²) in [6.45, 7) is 3.99. The maximum absolute atomic E-state index is 10.3. The summed E-state index contributed by atoms with van der Waals surface area (Å²) in [4.78, 5) is 10.3. The van der Waals surface area contributed by atoms with E-state index in [-0.39, 0.29) is 12.5 Å². The van der Waals surface area contributed by atoms with Crippen molar-refractivity contribution in [3.8, 4) is 0 Å². The lowest BCUT2D eigenvalue weighted by Crippen LogP contribution is -2.17. The molecule has 0 aliphatic heterocycles. The molecule has 0 amide bonds. The molecule has 0 aromatic carbocycles. The molecule has 0 spiro atoms. The summed E-state index contributed by atoms with van der Waals surface area (Å²) in [5.74, 6) is -0.844. The lowest BCUT2D eigenvalue weighted by molar-refractivity contribution is -0.140. The molecule has 0 aliphatic carbocycles. The molecule has 0 rings (SSSR count). The number of ether oxygens (including phenoxy) is 3. The SMILES string of the molecule is COCCCOCCO[C@@H](C)CC(=O)O. The smallest absolute Gasteiger partial charge is 0.305 e. The van der Waals surface area contributed by atoms with Crippen molar-refractivity contribution in [3.05, 3.63) is 0 Å². The lowest BCUT2D eigenvalue weighted by atomic mass is 10.3. The van der Waals surface area contributed by atoms with Crippen molar-refractivity contribution in [2.24, 2.45) is 0 Å². The molecule has 1 N–H and O–H groups in total. The van der Waals surface area contributed by atoms with Crippen LogP contribution in [0.2, 0.25) is 0 Å². The van der Waals surface area contributed by atoms with Crippen LogP contribution in [-0.2, 0) is 19.0 Å². The van der Waals surface area contributed by atoms with Gasteiger partial charge in [0.15, 0.2) is 0 Å². The van der Waals surface area contributed by atoms with Crippen molar-refractivity contribution in [2.45, 2.75) is 25.9 Å². The Labute approximate surface area is 90.3 Å². The average Bonchev–Trinajstić information content (AvgIpc) is 2.15. The van der Waals surface area contributed by atoms with Crippen LogP contribution in [0.4, 0.5) is 0 Å². The van der Waals surface area contributed by atoms with E-state index in [1.165, 1.54) is 0 Å². The number of carboxylic acid groups (broad SMARTS) is 1. The van der Waals surface area contributed by atoms with E-state index in [0.717, 1.165) is 6.42 Å². The predicted octanol–water partition coefficient (Wildman–Crippen LogP) is 0.919. The van der Waals surface area contributed by atoms with Gasteiger partial charge < -0.3 is 19.3 Å². The molecule has 0 saturated carbocycles. The fourth-order valence-electron chi connectivity index (χ4n) is 1.02. The fourth-order valence-corrected chi connectivity index (χ4v) is 1.02. The summed E-state index contributed by atoms with van der Waals surface area (Å²) in [6.07, 6.45) is 0.635. The number of carboxylic acids is 1. The van der Waals surface area contributed by atoms with Crippen LogP contribution in [0.5, 0.6) is 0 Å². The normalized spacial score (nSPS) is 12.7. The van der Waals surface area contributed by atoms with Gasteiger partial charge in [-0.3, -0.25) is 4.79 Å². The monoisotopic (exact) mass is 220 g/mol. The van der Waals surface area contributed by atoms with Gasteiger partial charge in [-0.05, 0) is 13.3 Å². The van der Waals surface area contributed by atoms with Gasteiger partial charge in [-0.2, -0.15) is 0 Å². The standard InChI is InChI=1S/C10H20O5/c1-9(8-10(11)12)15-7-6-14-5-3-4-13-2/h9H,3-8H2,1-2H3,(H,11,12)/t9-/m0/s1. The second kappa shape index (κ2) is 9.89. The maximum atomic E-state index is 10.3. The van der Waals surface area contributed by atoms with Crippen molar-refractivity contribution in [3.63, 3.8) is 0 Å². The molecule has 0 radical (unpaired) electrons. The molecule has 0 bridgehead atoms. The van der Waals surface area contributed by atoms with E-state index < -0.39 is 5.97 Å². The van der Waals surface area contributed by atoms with Crippen LogP contribution in [0.15, 0.2) is 0 Å². The summed E-state index contributed by atoms with van der Waals surface area (Å²) in [7, 11) is 1.65. The van der Waals surface area contributed by atoms with Crippen LogP contribution in [-0.4, -0.2) is 50.7 Å². The zero-order valence-corrected chi connectivity index (χ0v) is 9.40. The molecular formula is C10H20O5. The summed E-state index contributed by atoms with van der Waals surface area (Å²) >= 11 is 0. The number of hydrogen-bond acceptors (Lipinski definition) is 4. The van der Waals surface area contributed by atoms with E-state index in [0.29, 0.717) is 26.4 Å². The van der Waals surface area contributed by atoms with E-state index in [1.54, 1.807) is 14.0 Å². The van der Waals surface area contributed by atoms with E-state index in [9.17, 15) is 4.79 Å². The van der Waals surface area contributed by atoms with E-state index in [4.69, 9.17) is 19.3 Å². The minimum absolute atomic E-state index is 0.0314. The van der Waals surface area contributed by atoms with Gasteiger partial charge in [0.2, 0.25) is 0 Å². The minimum atomic E-state index is -0.844. The lowest BCUT2D eigenvalue weighted by Gasteiger charge is -2.10. The summed E-state index contributed by atoms with van der Waals surface area (Å²) in [6, 6.07) is 0. The number of methoxy groups -OCH3 is 1. The first-order chi connectivity index (χ1) is 7.16. The van der Waals surface area contributed by atoms with Crippen molar-refractivity contribution in [1.82, 2.24) is 0 Å². The number of aliphatic carboxylic acids is 1. The van der Waals surface area contributed by atoms with Crippen molar-refractivity contribution in [2.75, 3.05) is 33.5 Å². The Balaban J connectivity index is 3.13. The first-order valence-corrected chi connectivity index (χ1v) is 5.07. The number of rotatable bonds is 10. The Morgan fingerprint density at radius 1 is 1.27 bits per heavy atom. The summed E-state index contributed by atoms with van der Waals surface area (Å²) in [5.41, 5.74) is 0. The molecule has 0 unspecified atom stereocenters. The molecule has 0 aromatic rings. The topological polar surface area (TPSA) is 65.0 Å². The Bertz CT molecular complexity index is 160. The number of carbonyl (C=O) groups is 1. The Kier molecular flexibility index (Phi) is 9.46. The highest BCUT2D eigenvalue weighted by molar-refractivity contribution is 5.67. The zero-order chi connectivity index (χ0) is 11.5. The predicted molar refractivity (Wildman–Crippen MR) is 55.0 cm³/mol.